The van der Waals surface area contributed by atoms with E-state index in [2.05, 4.69) is 9.99 Å². The predicted octanol–water partition coefficient (Wildman–Crippen LogP) is 0.312. The number of nitrogens with one attached hydrogen (secondary N) is 1. The molecule has 1 aliphatic heterocycles. The number of amidine groups is 1. The number of hydrogen-bond donors (Lipinski definition) is 2. The van der Waals surface area contributed by atoms with Crippen molar-refractivity contribution in [2.24, 2.45) is 5.16 Å². The third-order valence-corrected chi connectivity index (χ3v) is 2.34. The quantitative estimate of drug-likeness (QED) is 0.398. The third-order valence-electron chi connectivity index (χ3n) is 1.42. The molecule has 14 heavy (non-hydrogen) atoms. The maximum absolute atomic E-state index is 11.6. The molecular formula is C6H8FN3O3S. The molecule has 0 aromatic carbocycles. The average Bonchev–Trinajstić information content (AvgIpc) is 2.52. The molecule has 0 unspecified atom stereocenters. The number of hydrogen-bond acceptors (Lipinski definition) is 5. The van der Waals surface area contributed by atoms with Crippen LogP contribution in [0.1, 0.15) is 0 Å². The molecule has 0 atom stereocenters. The standard InChI is InChI=1S/C6H8FN3O3S/c7-2-13-9-5(6(11)12)10-1-4(8)14-3-10/h8H,1-3H2,(H,11,12). The number of oxime groups is 1. The van der Waals surface area contributed by atoms with Gasteiger partial charge in [0.05, 0.1) is 17.5 Å². The van der Waals surface area contributed by atoms with Crippen LogP contribution in [0.4, 0.5) is 4.39 Å². The van der Waals surface area contributed by atoms with Gasteiger partial charge in [0.1, 0.15) is 0 Å². The highest BCUT2D eigenvalue weighted by atomic mass is 32.2. The van der Waals surface area contributed by atoms with Gasteiger partial charge >= 0.3 is 5.97 Å². The highest BCUT2D eigenvalue weighted by molar-refractivity contribution is 8.14. The molecule has 0 amide bonds. The highest BCUT2D eigenvalue weighted by Crippen LogP contribution is 2.16. The van der Waals surface area contributed by atoms with Gasteiger partial charge < -0.3 is 14.8 Å². The molecule has 0 saturated carbocycles. The Morgan fingerprint density at radius 2 is 2.57 bits per heavy atom. The summed E-state index contributed by atoms with van der Waals surface area (Å²) in [5.74, 6) is -1.36. The Labute approximate surface area is 83.2 Å². The monoisotopic (exact) mass is 221 g/mol. The van der Waals surface area contributed by atoms with E-state index in [1.165, 1.54) is 16.7 Å². The SMILES string of the molecule is N=C1CN(C(=NOCF)C(=O)O)CS1. The first-order chi connectivity index (χ1) is 6.65. The Morgan fingerprint density at radius 3 is 3.00 bits per heavy atom. The van der Waals surface area contributed by atoms with E-state index in [0.717, 1.165) is 0 Å². The number of alkyl halides is 1. The molecule has 1 saturated heterocycles. The molecule has 0 bridgehead atoms. The first-order valence-corrected chi connectivity index (χ1v) is 4.58. The summed E-state index contributed by atoms with van der Waals surface area (Å²) in [5, 5.41) is 19.4. The van der Waals surface area contributed by atoms with Gasteiger partial charge in [-0.2, -0.15) is 0 Å². The molecule has 1 heterocycles. The minimum atomic E-state index is -1.30. The Morgan fingerprint density at radius 1 is 1.86 bits per heavy atom. The fraction of sp³-hybridized carbons (Fsp3) is 0.500. The van der Waals surface area contributed by atoms with E-state index in [4.69, 9.17) is 10.5 Å². The van der Waals surface area contributed by atoms with Crippen LogP contribution >= 0.6 is 11.8 Å². The van der Waals surface area contributed by atoms with Crippen LogP contribution in [-0.4, -0.2) is 46.1 Å². The lowest BCUT2D eigenvalue weighted by molar-refractivity contribution is -0.130. The topological polar surface area (TPSA) is 86.0 Å². The second-order valence-corrected chi connectivity index (χ2v) is 3.39. The molecule has 2 N–H and O–H groups in total. The van der Waals surface area contributed by atoms with Crippen LogP contribution in [0.2, 0.25) is 0 Å². The molecular weight excluding hydrogens is 213 g/mol. The summed E-state index contributed by atoms with van der Waals surface area (Å²) >= 11 is 1.20. The van der Waals surface area contributed by atoms with Crippen LogP contribution in [-0.2, 0) is 9.63 Å². The largest absolute Gasteiger partial charge is 0.475 e. The molecule has 1 fully saturated rings. The van der Waals surface area contributed by atoms with Gasteiger partial charge in [0, 0.05) is 0 Å². The maximum atomic E-state index is 11.6. The van der Waals surface area contributed by atoms with Crippen LogP contribution in [0, 0.1) is 5.41 Å². The number of nitrogens with zero attached hydrogens (tertiary/aromatic N) is 2. The van der Waals surface area contributed by atoms with Crippen LogP contribution in [0.25, 0.3) is 0 Å². The average molecular weight is 221 g/mol. The van der Waals surface area contributed by atoms with Crippen molar-refractivity contribution in [2.75, 3.05) is 19.3 Å². The Hall–Kier alpha value is -1.31. The molecule has 78 valence electrons. The molecule has 0 aromatic rings. The van der Waals surface area contributed by atoms with Gasteiger partial charge in [-0.05, 0) is 0 Å². The van der Waals surface area contributed by atoms with Gasteiger partial charge in [-0.3, -0.25) is 5.41 Å². The molecule has 6 nitrogen and oxygen atoms in total. The summed E-state index contributed by atoms with van der Waals surface area (Å²) in [6, 6.07) is 0. The minimum absolute atomic E-state index is 0.172. The Balaban J connectivity index is 2.68. The first kappa shape index (κ1) is 10.8. The van der Waals surface area contributed by atoms with Crippen molar-refractivity contribution in [3.63, 3.8) is 0 Å². The fourth-order valence-corrected chi connectivity index (χ4v) is 1.65. The van der Waals surface area contributed by atoms with Gasteiger partial charge in [-0.25, -0.2) is 9.18 Å². The third kappa shape index (κ3) is 2.59. The van der Waals surface area contributed by atoms with E-state index in [1.54, 1.807) is 0 Å². The summed E-state index contributed by atoms with van der Waals surface area (Å²) in [4.78, 5) is 16.0. The number of carboxylic acid groups (broad SMARTS) is 1. The summed E-state index contributed by atoms with van der Waals surface area (Å²) in [6.07, 6.45) is 0. The summed E-state index contributed by atoms with van der Waals surface area (Å²) in [7, 11) is 0. The minimum Gasteiger partial charge on any atom is -0.475 e. The molecule has 1 rings (SSSR count). The molecule has 0 radical (unpaired) electrons. The van der Waals surface area contributed by atoms with Crippen molar-refractivity contribution >= 4 is 28.6 Å². The van der Waals surface area contributed by atoms with Gasteiger partial charge in [0.15, 0.2) is 0 Å². The first-order valence-electron chi connectivity index (χ1n) is 3.59. The number of thioether (sulfide) groups is 1. The van der Waals surface area contributed by atoms with E-state index in [0.29, 0.717) is 10.9 Å². The molecule has 8 heteroatoms. The van der Waals surface area contributed by atoms with Gasteiger partial charge in [0.25, 0.3) is 12.7 Å². The van der Waals surface area contributed by atoms with Crippen molar-refractivity contribution in [3.8, 4) is 0 Å². The van der Waals surface area contributed by atoms with E-state index in [9.17, 15) is 9.18 Å². The van der Waals surface area contributed by atoms with E-state index in [1.807, 2.05) is 0 Å². The van der Waals surface area contributed by atoms with Gasteiger partial charge in [-0.1, -0.05) is 16.9 Å². The lowest BCUT2D eigenvalue weighted by Gasteiger charge is -2.13. The second-order valence-electron chi connectivity index (χ2n) is 2.35. The van der Waals surface area contributed by atoms with E-state index < -0.39 is 12.8 Å². The van der Waals surface area contributed by atoms with Crippen LogP contribution in [0.3, 0.4) is 0 Å². The van der Waals surface area contributed by atoms with Crippen LogP contribution in [0.15, 0.2) is 5.16 Å². The summed E-state index contributed by atoms with van der Waals surface area (Å²) in [6.45, 7) is -0.999. The summed E-state index contributed by atoms with van der Waals surface area (Å²) < 4.78 is 11.6. The second kappa shape index (κ2) is 4.80. The molecule has 1 aliphatic rings. The van der Waals surface area contributed by atoms with Crippen molar-refractivity contribution in [3.05, 3.63) is 0 Å². The zero-order valence-electron chi connectivity index (χ0n) is 7.07. The van der Waals surface area contributed by atoms with Crippen molar-refractivity contribution in [1.29, 1.82) is 5.41 Å². The van der Waals surface area contributed by atoms with Gasteiger partial charge in [-0.15, -0.1) is 0 Å². The van der Waals surface area contributed by atoms with Crippen LogP contribution < -0.4 is 0 Å². The van der Waals surface area contributed by atoms with Crippen molar-refractivity contribution < 1.29 is 19.1 Å². The number of carbonyl (C=O) groups is 1. The Kier molecular flexibility index (Phi) is 3.69. The van der Waals surface area contributed by atoms with Crippen molar-refractivity contribution in [2.45, 2.75) is 0 Å². The Bertz CT molecular complexity index is 283. The highest BCUT2D eigenvalue weighted by Gasteiger charge is 2.26. The molecule has 0 aliphatic carbocycles. The lowest BCUT2D eigenvalue weighted by atomic mass is 10.5. The predicted molar refractivity (Wildman–Crippen MR) is 49.0 cm³/mol. The van der Waals surface area contributed by atoms with E-state index >= 15 is 0 Å². The smallest absolute Gasteiger partial charge is 0.375 e. The number of halogens is 1. The molecule has 0 aromatic heterocycles. The van der Waals surface area contributed by atoms with Crippen molar-refractivity contribution in [1.82, 2.24) is 4.90 Å². The van der Waals surface area contributed by atoms with Gasteiger partial charge in [0.2, 0.25) is 0 Å². The number of aliphatic carboxylic acids is 1. The summed E-state index contributed by atoms with van der Waals surface area (Å²) in [5.41, 5.74) is 0. The fourth-order valence-electron chi connectivity index (χ4n) is 0.874. The lowest BCUT2D eigenvalue weighted by Crippen LogP contribution is -2.35. The molecule has 0 spiro atoms. The maximum Gasteiger partial charge on any atom is 0.375 e. The number of carboxylic acids is 1. The normalized spacial score (nSPS) is 17.4. The van der Waals surface area contributed by atoms with E-state index in [-0.39, 0.29) is 12.4 Å². The zero-order valence-corrected chi connectivity index (χ0v) is 7.88. The van der Waals surface area contributed by atoms with Crippen LogP contribution in [0.5, 0.6) is 0 Å². The zero-order chi connectivity index (χ0) is 10.6. The number of rotatable bonds is 2.